The number of hydrogen-bond donors (Lipinski definition) is 1. The molecule has 0 saturated carbocycles. The molecule has 1 aromatic rings. The first-order valence-corrected chi connectivity index (χ1v) is 10.0. The van der Waals surface area contributed by atoms with Crippen molar-refractivity contribution in [1.29, 1.82) is 0 Å². The fourth-order valence-electron chi connectivity index (χ4n) is 3.87. The van der Waals surface area contributed by atoms with Gasteiger partial charge in [-0.05, 0) is 32.2 Å². The summed E-state index contributed by atoms with van der Waals surface area (Å²) >= 11 is 0. The van der Waals surface area contributed by atoms with E-state index in [-0.39, 0.29) is 5.91 Å². The lowest BCUT2D eigenvalue weighted by molar-refractivity contribution is 0.0305. The Kier molecular flexibility index (Phi) is 7.46. The third-order valence-electron chi connectivity index (χ3n) is 5.40. The van der Waals surface area contributed by atoms with Crippen molar-refractivity contribution in [2.45, 2.75) is 51.6 Å². The molecular formula is C19H32N4O3. The van der Waals surface area contributed by atoms with E-state index >= 15 is 0 Å². The topological polar surface area (TPSA) is 70.8 Å². The molecule has 7 nitrogen and oxygen atoms in total. The summed E-state index contributed by atoms with van der Waals surface area (Å²) in [5.41, 5.74) is 0.373. The van der Waals surface area contributed by atoms with Gasteiger partial charge in [-0.2, -0.15) is 0 Å². The van der Waals surface area contributed by atoms with Crippen molar-refractivity contribution in [2.24, 2.45) is 0 Å². The number of hydrogen-bond acceptors (Lipinski definition) is 6. The number of amides is 1. The van der Waals surface area contributed by atoms with E-state index in [0.717, 1.165) is 51.1 Å². The molecule has 0 spiro atoms. The molecule has 2 aliphatic rings. The zero-order valence-corrected chi connectivity index (χ0v) is 15.9. The van der Waals surface area contributed by atoms with Gasteiger partial charge in [0.2, 0.25) is 0 Å². The van der Waals surface area contributed by atoms with E-state index in [4.69, 9.17) is 9.26 Å². The van der Waals surface area contributed by atoms with E-state index in [0.29, 0.717) is 18.8 Å². The third-order valence-corrected chi connectivity index (χ3v) is 5.40. The van der Waals surface area contributed by atoms with E-state index in [1.54, 1.807) is 6.07 Å². The summed E-state index contributed by atoms with van der Waals surface area (Å²) in [4.78, 5) is 17.1. The molecule has 0 unspecified atom stereocenters. The molecule has 2 saturated heterocycles. The molecule has 3 heterocycles. The van der Waals surface area contributed by atoms with Crippen LogP contribution >= 0.6 is 0 Å². The molecule has 1 atom stereocenters. The molecule has 0 radical (unpaired) electrons. The fourth-order valence-corrected chi connectivity index (χ4v) is 3.87. The Balaban J connectivity index is 1.37. The molecule has 1 aromatic heterocycles. The van der Waals surface area contributed by atoms with Gasteiger partial charge in [0, 0.05) is 38.3 Å². The average Bonchev–Trinajstić information content (AvgIpc) is 3.15. The number of aromatic nitrogens is 1. The molecule has 1 N–H and O–H groups in total. The number of likely N-dealkylation sites (tertiary alicyclic amines) is 1. The minimum absolute atomic E-state index is 0.146. The molecule has 0 bridgehead atoms. The first-order chi connectivity index (χ1) is 12.8. The number of nitrogens with one attached hydrogen (secondary N) is 1. The van der Waals surface area contributed by atoms with Crippen LogP contribution in [0, 0.1) is 0 Å². The van der Waals surface area contributed by atoms with E-state index < -0.39 is 0 Å². The zero-order valence-electron chi connectivity index (χ0n) is 15.9. The van der Waals surface area contributed by atoms with Gasteiger partial charge in [-0.3, -0.25) is 9.69 Å². The average molecular weight is 364 g/mol. The molecule has 146 valence electrons. The van der Waals surface area contributed by atoms with Crippen molar-refractivity contribution >= 4 is 5.91 Å². The number of carbonyl (C=O) groups is 1. The summed E-state index contributed by atoms with van der Waals surface area (Å²) in [5.74, 6) is 0.587. The van der Waals surface area contributed by atoms with Crippen molar-refractivity contribution in [3.63, 3.8) is 0 Å². The molecule has 2 aliphatic heterocycles. The van der Waals surface area contributed by atoms with Crippen molar-refractivity contribution < 1.29 is 14.1 Å². The Labute approximate surface area is 156 Å². The minimum atomic E-state index is -0.146. The molecular weight excluding hydrogens is 332 g/mol. The normalized spacial score (nSPS) is 22.4. The number of piperidine rings is 1. The highest BCUT2D eigenvalue weighted by atomic mass is 16.5. The molecule has 3 rings (SSSR count). The quantitative estimate of drug-likeness (QED) is 0.711. The smallest absolute Gasteiger partial charge is 0.273 e. The van der Waals surface area contributed by atoms with Crippen LogP contribution in [0.4, 0.5) is 0 Å². The van der Waals surface area contributed by atoms with Gasteiger partial charge in [0.25, 0.3) is 5.91 Å². The zero-order chi connectivity index (χ0) is 18.2. The maximum atomic E-state index is 12.2. The van der Waals surface area contributed by atoms with E-state index in [9.17, 15) is 4.79 Å². The van der Waals surface area contributed by atoms with Gasteiger partial charge >= 0.3 is 0 Å². The maximum absolute atomic E-state index is 12.2. The van der Waals surface area contributed by atoms with Gasteiger partial charge in [-0.15, -0.1) is 0 Å². The van der Waals surface area contributed by atoms with Crippen LogP contribution in [0.3, 0.4) is 0 Å². The number of ether oxygens (including phenoxy) is 1. The highest BCUT2D eigenvalue weighted by molar-refractivity contribution is 5.92. The van der Waals surface area contributed by atoms with Gasteiger partial charge in [0.1, 0.15) is 0 Å². The fraction of sp³-hybridized carbons (Fsp3) is 0.789. The van der Waals surface area contributed by atoms with E-state index in [2.05, 4.69) is 27.2 Å². The van der Waals surface area contributed by atoms with Gasteiger partial charge in [0.05, 0.1) is 19.8 Å². The van der Waals surface area contributed by atoms with Crippen LogP contribution in [0.25, 0.3) is 0 Å². The van der Waals surface area contributed by atoms with Crippen LogP contribution < -0.4 is 5.32 Å². The summed E-state index contributed by atoms with van der Waals surface area (Å²) in [7, 11) is 0. The second kappa shape index (κ2) is 10.0. The van der Waals surface area contributed by atoms with E-state index in [1.807, 2.05) is 0 Å². The molecule has 0 aromatic carbocycles. The number of nitrogens with zero attached hydrogens (tertiary/aromatic N) is 3. The van der Waals surface area contributed by atoms with Gasteiger partial charge in [-0.1, -0.05) is 18.5 Å². The summed E-state index contributed by atoms with van der Waals surface area (Å²) in [6.45, 7) is 9.14. The second-order valence-electron chi connectivity index (χ2n) is 7.27. The van der Waals surface area contributed by atoms with Crippen molar-refractivity contribution in [3.8, 4) is 0 Å². The molecule has 0 aliphatic carbocycles. The Morgan fingerprint density at radius 2 is 2.15 bits per heavy atom. The third kappa shape index (κ3) is 5.53. The van der Waals surface area contributed by atoms with Crippen LogP contribution in [0.15, 0.2) is 10.6 Å². The van der Waals surface area contributed by atoms with Crippen molar-refractivity contribution in [3.05, 3.63) is 17.5 Å². The van der Waals surface area contributed by atoms with E-state index in [1.165, 1.54) is 32.2 Å². The van der Waals surface area contributed by atoms with Crippen LogP contribution in [-0.4, -0.2) is 72.8 Å². The predicted octanol–water partition coefficient (Wildman–Crippen LogP) is 1.89. The number of morpholine rings is 1. The molecule has 2 fully saturated rings. The van der Waals surface area contributed by atoms with Crippen molar-refractivity contribution in [2.75, 3.05) is 45.9 Å². The largest absolute Gasteiger partial charge is 0.379 e. The number of rotatable bonds is 8. The SMILES string of the molecule is CC[C@@H]1CCCCN1CCCNC(=O)c1cc(CN2CCOCC2)on1. The molecule has 26 heavy (non-hydrogen) atoms. The maximum Gasteiger partial charge on any atom is 0.273 e. The Morgan fingerprint density at radius 3 is 2.96 bits per heavy atom. The van der Waals surface area contributed by atoms with Crippen LogP contribution in [-0.2, 0) is 11.3 Å². The highest BCUT2D eigenvalue weighted by Gasteiger charge is 2.20. The monoisotopic (exact) mass is 364 g/mol. The predicted molar refractivity (Wildman–Crippen MR) is 99.1 cm³/mol. The number of carbonyl (C=O) groups excluding carboxylic acids is 1. The van der Waals surface area contributed by atoms with Gasteiger partial charge in [-0.25, -0.2) is 0 Å². The first kappa shape index (κ1) is 19.3. The summed E-state index contributed by atoms with van der Waals surface area (Å²) in [6.07, 6.45) is 6.16. The van der Waals surface area contributed by atoms with Crippen molar-refractivity contribution in [1.82, 2.24) is 20.3 Å². The van der Waals surface area contributed by atoms with Gasteiger partial charge < -0.3 is 19.5 Å². The van der Waals surface area contributed by atoms with Gasteiger partial charge in [0.15, 0.2) is 11.5 Å². The lowest BCUT2D eigenvalue weighted by Gasteiger charge is -2.35. The first-order valence-electron chi connectivity index (χ1n) is 10.0. The van der Waals surface area contributed by atoms with Crippen LogP contribution in [0.1, 0.15) is 55.3 Å². The highest BCUT2D eigenvalue weighted by Crippen LogP contribution is 2.19. The van der Waals surface area contributed by atoms with Crippen LogP contribution in [0.5, 0.6) is 0 Å². The Bertz CT molecular complexity index is 557. The Morgan fingerprint density at radius 1 is 1.31 bits per heavy atom. The molecule has 1 amide bonds. The lowest BCUT2D eigenvalue weighted by atomic mass is 10.00. The summed E-state index contributed by atoms with van der Waals surface area (Å²) in [6, 6.07) is 2.47. The Hall–Kier alpha value is -1.44. The standard InChI is InChI=1S/C19H32N4O3/c1-2-16-6-3-4-8-23(16)9-5-7-20-19(24)18-14-17(26-21-18)15-22-10-12-25-13-11-22/h14,16H,2-13,15H2,1H3,(H,20,24)/t16-/m1/s1. The summed E-state index contributed by atoms with van der Waals surface area (Å²) in [5, 5.41) is 6.89. The van der Waals surface area contributed by atoms with Crippen LogP contribution in [0.2, 0.25) is 0 Å². The summed E-state index contributed by atoms with van der Waals surface area (Å²) < 4.78 is 10.7. The molecule has 7 heteroatoms. The minimum Gasteiger partial charge on any atom is -0.379 e. The second-order valence-corrected chi connectivity index (χ2v) is 7.27. The lowest BCUT2D eigenvalue weighted by Crippen LogP contribution is -2.40.